The predicted octanol–water partition coefficient (Wildman–Crippen LogP) is 3.79. The van der Waals surface area contributed by atoms with E-state index in [4.69, 9.17) is 11.6 Å². The summed E-state index contributed by atoms with van der Waals surface area (Å²) in [4.78, 5) is 38.3. The van der Waals surface area contributed by atoms with Crippen LogP contribution in [0.15, 0.2) is 67.3 Å². The smallest absolute Gasteiger partial charge is 0.246 e. The number of hydrogen-bond donors (Lipinski definition) is 1. The Morgan fingerprint density at radius 2 is 1.88 bits per heavy atom. The molecule has 4 heterocycles. The highest BCUT2D eigenvalue weighted by Crippen LogP contribution is 2.42. The fourth-order valence-corrected chi connectivity index (χ4v) is 5.49. The number of H-pyrrole nitrogens is 1. The van der Waals surface area contributed by atoms with E-state index in [9.17, 15) is 9.59 Å². The molecule has 7 nitrogen and oxygen atoms in total. The van der Waals surface area contributed by atoms with E-state index in [0.717, 1.165) is 40.7 Å². The summed E-state index contributed by atoms with van der Waals surface area (Å²) in [6.45, 7) is 1.39. The summed E-state index contributed by atoms with van der Waals surface area (Å²) in [5.41, 5.74) is 4.05. The van der Waals surface area contributed by atoms with Gasteiger partial charge in [-0.1, -0.05) is 41.9 Å². The monoisotopic (exact) mass is 473 g/mol. The number of carbonyl (C=O) groups is 2. The molecule has 1 saturated heterocycles. The summed E-state index contributed by atoms with van der Waals surface area (Å²) in [5.74, 6) is -0.0170. The molecule has 0 spiro atoms. The number of aromatic amines is 1. The number of imidazole rings is 1. The number of amides is 2. The Morgan fingerprint density at radius 3 is 2.68 bits per heavy atom. The molecule has 1 N–H and O–H groups in total. The number of benzene rings is 2. The average molecular weight is 474 g/mol. The van der Waals surface area contributed by atoms with Gasteiger partial charge >= 0.3 is 0 Å². The van der Waals surface area contributed by atoms with Crippen LogP contribution in [0.5, 0.6) is 0 Å². The van der Waals surface area contributed by atoms with Crippen LogP contribution in [0.25, 0.3) is 10.9 Å². The molecule has 0 unspecified atom stereocenters. The maximum Gasteiger partial charge on any atom is 0.246 e. The summed E-state index contributed by atoms with van der Waals surface area (Å²) < 4.78 is 1.98. The van der Waals surface area contributed by atoms with Crippen molar-refractivity contribution in [3.8, 4) is 0 Å². The Kier molecular flexibility index (Phi) is 5.14. The Bertz CT molecular complexity index is 1360. The van der Waals surface area contributed by atoms with Gasteiger partial charge in [0.05, 0.1) is 18.9 Å². The van der Waals surface area contributed by atoms with Crippen molar-refractivity contribution in [2.24, 2.45) is 0 Å². The molecule has 2 atom stereocenters. The number of carbonyl (C=O) groups excluding carboxylic acids is 2. The number of hydrogen-bond acceptors (Lipinski definition) is 3. The number of nitrogens with zero attached hydrogens (tertiary/aromatic N) is 4. The minimum Gasteiger partial charge on any atom is -0.356 e. The van der Waals surface area contributed by atoms with Crippen LogP contribution in [-0.4, -0.2) is 55.3 Å². The van der Waals surface area contributed by atoms with Gasteiger partial charge in [0.15, 0.2) is 0 Å². The number of halogens is 1. The van der Waals surface area contributed by atoms with Crippen molar-refractivity contribution in [2.75, 3.05) is 13.1 Å². The zero-order valence-corrected chi connectivity index (χ0v) is 19.3. The summed E-state index contributed by atoms with van der Waals surface area (Å²) >= 11 is 6.15. The highest BCUT2D eigenvalue weighted by Gasteiger charge is 2.48. The molecule has 0 radical (unpaired) electrons. The van der Waals surface area contributed by atoms with Gasteiger partial charge in [0.25, 0.3) is 0 Å². The molecule has 2 aliphatic heterocycles. The molecule has 2 amide bonds. The van der Waals surface area contributed by atoms with Crippen LogP contribution >= 0.6 is 11.6 Å². The van der Waals surface area contributed by atoms with Crippen LogP contribution < -0.4 is 0 Å². The number of para-hydroxylation sites is 1. The Morgan fingerprint density at radius 1 is 1.06 bits per heavy atom. The van der Waals surface area contributed by atoms with Crippen LogP contribution in [0, 0.1) is 0 Å². The van der Waals surface area contributed by atoms with Gasteiger partial charge in [-0.05, 0) is 35.7 Å². The number of fused-ring (bicyclic) bond motifs is 4. The van der Waals surface area contributed by atoms with Crippen LogP contribution in [0.1, 0.15) is 29.3 Å². The van der Waals surface area contributed by atoms with Gasteiger partial charge in [-0.25, -0.2) is 4.98 Å². The highest BCUT2D eigenvalue weighted by molar-refractivity contribution is 6.30. The van der Waals surface area contributed by atoms with Crippen molar-refractivity contribution in [3.05, 3.63) is 89.1 Å². The molecular formula is C26H24ClN5O2. The van der Waals surface area contributed by atoms with Gasteiger partial charge in [-0.15, -0.1) is 0 Å². The second-order valence-corrected chi connectivity index (χ2v) is 9.39. The average Bonchev–Trinajstić information content (AvgIpc) is 3.49. The molecule has 172 valence electrons. The van der Waals surface area contributed by atoms with E-state index in [2.05, 4.69) is 16.0 Å². The van der Waals surface area contributed by atoms with Crippen molar-refractivity contribution in [1.29, 1.82) is 0 Å². The third kappa shape index (κ3) is 3.47. The molecular weight excluding hydrogens is 450 g/mol. The molecule has 0 aliphatic carbocycles. The summed E-state index contributed by atoms with van der Waals surface area (Å²) in [6, 6.07) is 14.8. The van der Waals surface area contributed by atoms with Crippen LogP contribution in [-0.2, 0) is 22.6 Å². The minimum atomic E-state index is -0.526. The lowest BCUT2D eigenvalue weighted by Gasteiger charge is -2.47. The number of aryl methyl sites for hydroxylation is 1. The SMILES string of the molecule is O=C1[C@@H]2Cc3c([nH]c4ccccc34)[C@@H](c3ccc(Cl)cc3)N2C(=O)CN1CCCn1ccnc1. The van der Waals surface area contributed by atoms with E-state index < -0.39 is 6.04 Å². The molecule has 34 heavy (non-hydrogen) atoms. The van der Waals surface area contributed by atoms with Crippen LogP contribution in [0.2, 0.25) is 5.02 Å². The molecule has 0 bridgehead atoms. The van der Waals surface area contributed by atoms with Crippen molar-refractivity contribution in [3.63, 3.8) is 0 Å². The number of piperazine rings is 1. The van der Waals surface area contributed by atoms with E-state index >= 15 is 0 Å². The molecule has 2 aromatic heterocycles. The Labute approximate surface area is 201 Å². The lowest BCUT2D eigenvalue weighted by atomic mass is 9.86. The highest BCUT2D eigenvalue weighted by atomic mass is 35.5. The predicted molar refractivity (Wildman–Crippen MR) is 129 cm³/mol. The maximum absolute atomic E-state index is 13.7. The second-order valence-electron chi connectivity index (χ2n) is 8.95. The van der Waals surface area contributed by atoms with Crippen molar-refractivity contribution in [1.82, 2.24) is 24.3 Å². The Balaban J connectivity index is 1.37. The third-order valence-electron chi connectivity index (χ3n) is 6.93. The normalized spacial score (nSPS) is 20.0. The lowest BCUT2D eigenvalue weighted by Crippen LogP contribution is -2.63. The van der Waals surface area contributed by atoms with Crippen LogP contribution in [0.4, 0.5) is 0 Å². The molecule has 6 rings (SSSR count). The molecule has 2 aromatic carbocycles. The number of nitrogens with one attached hydrogen (secondary N) is 1. The largest absolute Gasteiger partial charge is 0.356 e. The van der Waals surface area contributed by atoms with E-state index in [-0.39, 0.29) is 24.4 Å². The topological polar surface area (TPSA) is 74.2 Å². The third-order valence-corrected chi connectivity index (χ3v) is 7.18. The summed E-state index contributed by atoms with van der Waals surface area (Å²) in [7, 11) is 0. The zero-order valence-electron chi connectivity index (χ0n) is 18.5. The maximum atomic E-state index is 13.7. The first kappa shape index (κ1) is 21.0. The lowest BCUT2D eigenvalue weighted by molar-refractivity contribution is -0.158. The van der Waals surface area contributed by atoms with Crippen molar-refractivity contribution < 1.29 is 9.59 Å². The quantitative estimate of drug-likeness (QED) is 0.479. The first-order valence-electron chi connectivity index (χ1n) is 11.5. The van der Waals surface area contributed by atoms with Crippen molar-refractivity contribution in [2.45, 2.75) is 31.5 Å². The van der Waals surface area contributed by atoms with Gasteiger partial charge in [0.2, 0.25) is 11.8 Å². The standard InChI is InChI=1S/C26H24ClN5O2/c27-18-8-6-17(7-9-18)25-24-20(19-4-1-2-5-21(19)29-24)14-22-26(34)31(15-23(33)32(22)25)12-3-11-30-13-10-28-16-30/h1-2,4-10,13,16,22,25,29H,3,11-12,14-15H2/t22-,25+/m0/s1. The van der Waals surface area contributed by atoms with Gasteiger partial charge in [0.1, 0.15) is 6.04 Å². The molecule has 4 aromatic rings. The van der Waals surface area contributed by atoms with Gasteiger partial charge in [-0.3, -0.25) is 9.59 Å². The number of rotatable bonds is 5. The van der Waals surface area contributed by atoms with Gasteiger partial charge in [-0.2, -0.15) is 0 Å². The second kappa shape index (κ2) is 8.33. The molecule has 8 heteroatoms. The number of aromatic nitrogens is 3. The van der Waals surface area contributed by atoms with Crippen molar-refractivity contribution >= 4 is 34.3 Å². The fourth-order valence-electron chi connectivity index (χ4n) is 5.37. The van der Waals surface area contributed by atoms with Gasteiger partial charge < -0.3 is 19.4 Å². The minimum absolute atomic E-state index is 0.0140. The first-order chi connectivity index (χ1) is 16.6. The fraction of sp³-hybridized carbons (Fsp3) is 0.269. The van der Waals surface area contributed by atoms with Crippen LogP contribution in [0.3, 0.4) is 0 Å². The molecule has 1 fully saturated rings. The molecule has 0 saturated carbocycles. The van der Waals surface area contributed by atoms with Gasteiger partial charge in [0, 0.05) is 53.5 Å². The van der Waals surface area contributed by atoms with E-state index in [1.54, 1.807) is 22.3 Å². The van der Waals surface area contributed by atoms with E-state index in [1.807, 2.05) is 53.2 Å². The molecule has 2 aliphatic rings. The zero-order chi connectivity index (χ0) is 23.2. The summed E-state index contributed by atoms with van der Waals surface area (Å²) in [5, 5.41) is 1.74. The Hall–Kier alpha value is -3.58. The summed E-state index contributed by atoms with van der Waals surface area (Å²) in [6.07, 6.45) is 6.68. The van der Waals surface area contributed by atoms with E-state index in [0.29, 0.717) is 18.0 Å². The van der Waals surface area contributed by atoms with E-state index in [1.165, 1.54) is 0 Å². The first-order valence-corrected chi connectivity index (χ1v) is 11.9.